The second kappa shape index (κ2) is 20.1. The molecule has 0 aliphatic rings. The van der Waals surface area contributed by atoms with E-state index in [0.717, 1.165) is 25.7 Å². The lowest BCUT2D eigenvalue weighted by molar-refractivity contribution is -0.117. The van der Waals surface area contributed by atoms with Crippen molar-refractivity contribution in [1.82, 2.24) is 5.43 Å². The molecule has 0 amide bonds. The number of ketones is 1. The van der Waals surface area contributed by atoms with Gasteiger partial charge in [0.15, 0.2) is 5.72 Å². The third-order valence-corrected chi connectivity index (χ3v) is 2.70. The van der Waals surface area contributed by atoms with E-state index in [9.17, 15) is 9.90 Å². The number of unbranched alkanes of at least 4 members (excludes halogenated alkanes) is 4. The number of nitrogens with zero attached hydrogens (tertiary/aromatic N) is 2. The van der Waals surface area contributed by atoms with Gasteiger partial charge in [0, 0.05) is 13.5 Å². The van der Waals surface area contributed by atoms with Crippen LogP contribution in [0.3, 0.4) is 0 Å². The molecule has 22 heavy (non-hydrogen) atoms. The molecule has 0 saturated carbocycles. The quantitative estimate of drug-likeness (QED) is 0.262. The van der Waals surface area contributed by atoms with Crippen molar-refractivity contribution in [1.29, 1.82) is 0 Å². The van der Waals surface area contributed by atoms with Gasteiger partial charge in [-0.3, -0.25) is 11.3 Å². The van der Waals surface area contributed by atoms with Crippen LogP contribution in [0.2, 0.25) is 0 Å². The molecule has 0 aliphatic carbocycles. The van der Waals surface area contributed by atoms with Crippen LogP contribution in [0.1, 0.15) is 79.1 Å². The van der Waals surface area contributed by atoms with E-state index in [-0.39, 0.29) is 0 Å². The maximum atomic E-state index is 10.3. The monoisotopic (exact) mass is 318 g/mol. The van der Waals surface area contributed by atoms with Gasteiger partial charge in [0.1, 0.15) is 5.78 Å². The Morgan fingerprint density at radius 3 is 2.00 bits per heavy atom. The highest BCUT2D eigenvalue weighted by Gasteiger charge is 2.17. The van der Waals surface area contributed by atoms with Crippen molar-refractivity contribution in [3.63, 3.8) is 0 Å². The zero-order chi connectivity index (χ0) is 17.9. The van der Waals surface area contributed by atoms with Gasteiger partial charge in [-0.25, -0.2) is 0 Å². The van der Waals surface area contributed by atoms with E-state index < -0.39 is 5.72 Å². The van der Waals surface area contributed by atoms with Gasteiger partial charge >= 0.3 is 0 Å². The minimum Gasteiger partial charge on any atom is -0.368 e. The van der Waals surface area contributed by atoms with Crippen molar-refractivity contribution in [2.75, 3.05) is 14.1 Å². The second-order valence-electron chi connectivity index (χ2n) is 5.42. The Kier molecular flexibility index (Phi) is 23.9. The number of hydrogen-bond donors (Lipinski definition) is 3. The maximum Gasteiger partial charge on any atom is 0.173 e. The van der Waals surface area contributed by atoms with Gasteiger partial charge < -0.3 is 9.90 Å². The Bertz CT molecular complexity index is 257. The van der Waals surface area contributed by atoms with Crippen LogP contribution in [0, 0.1) is 0 Å². The molecule has 1 atom stereocenters. The Balaban J connectivity index is -0.000000288. The average molecular weight is 319 g/mol. The van der Waals surface area contributed by atoms with Crippen LogP contribution in [0.15, 0.2) is 10.2 Å². The minimum atomic E-state index is -0.941. The number of carbonyl (C=O) groups excluding carboxylic acids is 1. The fourth-order valence-electron chi connectivity index (χ4n) is 1.60. The lowest BCUT2D eigenvalue weighted by Crippen LogP contribution is -2.19. The van der Waals surface area contributed by atoms with Crippen LogP contribution >= 0.6 is 0 Å². The summed E-state index contributed by atoms with van der Waals surface area (Å²) in [4.78, 5) is 10.3. The molecule has 6 nitrogen and oxygen atoms in total. The average Bonchev–Trinajstić information content (AvgIpc) is 2.40. The first-order valence-corrected chi connectivity index (χ1v) is 8.21. The Morgan fingerprint density at radius 2 is 1.64 bits per heavy atom. The Labute approximate surface area is 136 Å². The first-order chi connectivity index (χ1) is 10.3. The van der Waals surface area contributed by atoms with Crippen LogP contribution in [-0.4, -0.2) is 30.7 Å². The summed E-state index contributed by atoms with van der Waals surface area (Å²) in [7, 11) is 3.23. The van der Waals surface area contributed by atoms with E-state index in [0.29, 0.717) is 12.2 Å². The van der Waals surface area contributed by atoms with Gasteiger partial charge in [-0.2, -0.15) is 10.2 Å². The van der Waals surface area contributed by atoms with E-state index in [1.54, 1.807) is 27.9 Å². The van der Waals surface area contributed by atoms with Gasteiger partial charge in [-0.15, -0.1) is 0 Å². The summed E-state index contributed by atoms with van der Waals surface area (Å²) in [6, 6.07) is 0. The third-order valence-electron chi connectivity index (χ3n) is 2.70. The number of Topliss-reactive ketones (excluding diaryl/α,β-unsaturated/α-hetero) is 1. The van der Waals surface area contributed by atoms with Crippen LogP contribution in [-0.2, 0) is 4.79 Å². The molecule has 0 radical (unpaired) electrons. The van der Waals surface area contributed by atoms with Crippen LogP contribution in [0.5, 0.6) is 0 Å². The zero-order valence-corrected chi connectivity index (χ0v) is 15.5. The van der Waals surface area contributed by atoms with Crippen molar-refractivity contribution in [2.45, 2.75) is 84.8 Å². The zero-order valence-electron chi connectivity index (χ0n) is 15.5. The molecule has 0 heterocycles. The topological polar surface area (TPSA) is 100 Å². The van der Waals surface area contributed by atoms with Crippen molar-refractivity contribution < 1.29 is 9.90 Å². The van der Waals surface area contributed by atoms with Crippen molar-refractivity contribution in [2.24, 2.45) is 16.1 Å². The summed E-state index contributed by atoms with van der Waals surface area (Å²) in [5.41, 5.74) is 1.31. The van der Waals surface area contributed by atoms with Crippen LogP contribution < -0.4 is 11.3 Å². The number of rotatable bonds is 9. The molecule has 0 spiro atoms. The van der Waals surface area contributed by atoms with Crippen molar-refractivity contribution >= 4 is 5.78 Å². The first kappa shape index (κ1) is 26.1. The van der Waals surface area contributed by atoms with Gasteiger partial charge in [-0.05, 0) is 40.2 Å². The number of hydrogen-bond acceptors (Lipinski definition) is 6. The summed E-state index contributed by atoms with van der Waals surface area (Å²) in [5.74, 6) is 4.92. The minimum absolute atomic E-state index is 0.318. The molecule has 4 N–H and O–H groups in total. The van der Waals surface area contributed by atoms with Crippen LogP contribution in [0.25, 0.3) is 0 Å². The summed E-state index contributed by atoms with van der Waals surface area (Å²) in [6.07, 6.45) is 8.28. The lowest BCUT2D eigenvalue weighted by atomic mass is 10.1. The van der Waals surface area contributed by atoms with Gasteiger partial charge in [0.2, 0.25) is 0 Å². The largest absolute Gasteiger partial charge is 0.368 e. The molecule has 0 fully saturated rings. The summed E-state index contributed by atoms with van der Waals surface area (Å²) in [6.45, 7) is 7.61. The molecule has 0 rings (SSSR count). The number of azo groups is 1. The molecule has 0 bridgehead atoms. The Hall–Kier alpha value is -0.850. The Morgan fingerprint density at radius 1 is 1.18 bits per heavy atom. The van der Waals surface area contributed by atoms with E-state index in [1.807, 2.05) is 0 Å². The molecule has 6 heteroatoms. The number of nitrogens with two attached hydrogens (primary N) is 1. The molecule has 0 saturated heterocycles. The number of nitrogens with one attached hydrogen (secondary N) is 1. The molecule has 1 unspecified atom stereocenters. The van der Waals surface area contributed by atoms with Gasteiger partial charge in [-0.1, -0.05) is 39.5 Å². The van der Waals surface area contributed by atoms with E-state index in [1.165, 1.54) is 19.3 Å². The van der Waals surface area contributed by atoms with Crippen molar-refractivity contribution in [3.05, 3.63) is 0 Å². The van der Waals surface area contributed by atoms with Crippen molar-refractivity contribution in [3.8, 4) is 0 Å². The van der Waals surface area contributed by atoms with E-state index >= 15 is 0 Å². The van der Waals surface area contributed by atoms with Gasteiger partial charge in [0.25, 0.3) is 0 Å². The SMILES string of the molecule is CCCCCC(C)(O)N=NC.CCCCCC(C)=O.CNN. The van der Waals surface area contributed by atoms with E-state index in [2.05, 4.69) is 35.3 Å². The van der Waals surface area contributed by atoms with E-state index in [4.69, 9.17) is 0 Å². The number of hydrazine groups is 1. The number of aliphatic hydroxyl groups is 1. The molecule has 0 aromatic carbocycles. The molecule has 0 aliphatic heterocycles. The predicted octanol–water partition coefficient (Wildman–Crippen LogP) is 3.59. The standard InChI is InChI=1S/C8H18N2O.C7H14O.CH6N2/c1-4-5-6-7-8(2,11)10-9-3;1-3-4-5-6-7(2)8;1-3-2/h11H,4-7H2,1-3H3;3-6H2,1-2H3;3H,2H2,1H3. The highest BCUT2D eigenvalue weighted by Crippen LogP contribution is 2.15. The lowest BCUT2D eigenvalue weighted by Gasteiger charge is -2.15. The third kappa shape index (κ3) is 31.5. The highest BCUT2D eigenvalue weighted by atomic mass is 16.3. The second-order valence-corrected chi connectivity index (χ2v) is 5.42. The normalized spacial score (nSPS) is 12.7. The van der Waals surface area contributed by atoms with Crippen LogP contribution in [0.4, 0.5) is 0 Å². The summed E-state index contributed by atoms with van der Waals surface area (Å²) < 4.78 is 0. The number of carbonyl (C=O) groups is 1. The molecular formula is C16H38N4O2. The first-order valence-electron chi connectivity index (χ1n) is 8.21. The maximum absolute atomic E-state index is 10.3. The highest BCUT2D eigenvalue weighted by molar-refractivity contribution is 5.75. The predicted molar refractivity (Wildman–Crippen MR) is 93.6 cm³/mol. The fraction of sp³-hybridized carbons (Fsp3) is 0.938. The smallest absolute Gasteiger partial charge is 0.173 e. The molecule has 0 aromatic rings. The molecule has 134 valence electrons. The summed E-state index contributed by atoms with van der Waals surface area (Å²) in [5, 5.41) is 16.8. The van der Waals surface area contributed by atoms with Gasteiger partial charge in [0.05, 0.1) is 0 Å². The molecule has 0 aromatic heterocycles. The summed E-state index contributed by atoms with van der Waals surface area (Å²) >= 11 is 0. The fourth-order valence-corrected chi connectivity index (χ4v) is 1.60. The molecular weight excluding hydrogens is 280 g/mol.